The molecule has 6 heteroatoms. The molecule has 1 atom stereocenters. The number of methoxy groups -OCH3 is 1. The van der Waals surface area contributed by atoms with Crippen molar-refractivity contribution in [2.75, 3.05) is 13.9 Å². The first-order valence-electron chi connectivity index (χ1n) is 9.94. The number of nitrogens with zero attached hydrogens (tertiary/aromatic N) is 2. The topological polar surface area (TPSA) is 81.5 Å². The van der Waals surface area contributed by atoms with Gasteiger partial charge in [-0.15, -0.1) is 0 Å². The molecule has 6 nitrogen and oxygen atoms in total. The summed E-state index contributed by atoms with van der Waals surface area (Å²) in [4.78, 5) is 21.6. The van der Waals surface area contributed by atoms with Crippen LogP contribution in [0.1, 0.15) is 36.9 Å². The third-order valence-electron chi connectivity index (χ3n) is 4.84. The van der Waals surface area contributed by atoms with Crippen molar-refractivity contribution in [3.05, 3.63) is 65.9 Å². The number of aromatic nitrogens is 2. The van der Waals surface area contributed by atoms with Crippen LogP contribution >= 0.6 is 0 Å². The van der Waals surface area contributed by atoms with Gasteiger partial charge >= 0.3 is 5.97 Å². The van der Waals surface area contributed by atoms with Gasteiger partial charge in [0.25, 0.3) is 0 Å². The molecule has 0 aliphatic rings. The van der Waals surface area contributed by atoms with Gasteiger partial charge in [0.1, 0.15) is 5.75 Å². The van der Waals surface area contributed by atoms with Crippen molar-refractivity contribution in [2.45, 2.75) is 32.6 Å². The maximum atomic E-state index is 12.1. The van der Waals surface area contributed by atoms with Crippen molar-refractivity contribution in [1.29, 1.82) is 0 Å². The molecular weight excluding hydrogens is 380 g/mol. The van der Waals surface area contributed by atoms with Crippen LogP contribution in [0.4, 0.5) is 0 Å². The van der Waals surface area contributed by atoms with E-state index in [1.807, 2.05) is 68.4 Å². The molecule has 30 heavy (non-hydrogen) atoms. The van der Waals surface area contributed by atoms with E-state index < -0.39 is 11.9 Å². The summed E-state index contributed by atoms with van der Waals surface area (Å²) in [5, 5.41) is 9.91. The highest BCUT2D eigenvalue weighted by molar-refractivity contribution is 5.81. The van der Waals surface area contributed by atoms with Crippen LogP contribution in [0, 0.1) is 6.92 Å². The second-order valence-corrected chi connectivity index (χ2v) is 7.02. The van der Waals surface area contributed by atoms with Crippen LogP contribution in [0.25, 0.3) is 22.6 Å². The maximum absolute atomic E-state index is 12.1. The minimum atomic E-state index is -0.871. The summed E-state index contributed by atoms with van der Waals surface area (Å²) < 4.78 is 10.6. The second-order valence-electron chi connectivity index (χ2n) is 7.02. The highest BCUT2D eigenvalue weighted by atomic mass is 16.7. The SMILES string of the molecule is CCCC(C(=O)O)c1c(C)nc(-c2ccccc2)nc1-c1cccc(OCOC)c1. The number of carbonyl (C=O) groups is 1. The Bertz CT molecular complexity index is 1010. The van der Waals surface area contributed by atoms with Crippen molar-refractivity contribution in [2.24, 2.45) is 0 Å². The quantitative estimate of drug-likeness (QED) is 0.500. The first-order chi connectivity index (χ1) is 14.5. The van der Waals surface area contributed by atoms with Crippen molar-refractivity contribution >= 4 is 5.97 Å². The molecule has 0 radical (unpaired) electrons. The Hall–Kier alpha value is -3.25. The van der Waals surface area contributed by atoms with Gasteiger partial charge in [-0.25, -0.2) is 9.97 Å². The number of rotatable bonds is 9. The van der Waals surface area contributed by atoms with Crippen LogP contribution in [0.15, 0.2) is 54.6 Å². The van der Waals surface area contributed by atoms with E-state index in [0.29, 0.717) is 34.9 Å². The fraction of sp³-hybridized carbons (Fsp3) is 0.292. The van der Waals surface area contributed by atoms with E-state index in [1.54, 1.807) is 7.11 Å². The molecule has 0 aliphatic heterocycles. The van der Waals surface area contributed by atoms with Crippen LogP contribution in [0.3, 0.4) is 0 Å². The predicted octanol–water partition coefficient (Wildman–Crippen LogP) is 5.07. The molecule has 1 heterocycles. The summed E-state index contributed by atoms with van der Waals surface area (Å²) in [5.41, 5.74) is 3.59. The zero-order valence-electron chi connectivity index (χ0n) is 17.5. The molecule has 1 N–H and O–H groups in total. The molecule has 0 saturated carbocycles. The molecule has 0 bridgehead atoms. The van der Waals surface area contributed by atoms with Crippen LogP contribution < -0.4 is 4.74 Å². The summed E-state index contributed by atoms with van der Waals surface area (Å²) >= 11 is 0. The van der Waals surface area contributed by atoms with E-state index in [1.165, 1.54) is 0 Å². The van der Waals surface area contributed by atoms with Crippen molar-refractivity contribution < 1.29 is 19.4 Å². The molecule has 156 valence electrons. The van der Waals surface area contributed by atoms with Crippen LogP contribution in [0.5, 0.6) is 5.75 Å². The average Bonchev–Trinajstić information content (AvgIpc) is 2.76. The normalized spacial score (nSPS) is 11.8. The zero-order valence-corrected chi connectivity index (χ0v) is 17.5. The van der Waals surface area contributed by atoms with E-state index in [2.05, 4.69) is 4.98 Å². The van der Waals surface area contributed by atoms with Crippen molar-refractivity contribution in [1.82, 2.24) is 9.97 Å². The van der Waals surface area contributed by atoms with Gasteiger partial charge < -0.3 is 14.6 Å². The average molecular weight is 406 g/mol. The number of aliphatic carboxylic acids is 1. The number of carboxylic acids is 1. The largest absolute Gasteiger partial charge is 0.481 e. The Morgan fingerprint density at radius 3 is 2.47 bits per heavy atom. The number of carboxylic acid groups (broad SMARTS) is 1. The molecule has 0 saturated heterocycles. The van der Waals surface area contributed by atoms with Gasteiger partial charge in [0.05, 0.1) is 11.6 Å². The van der Waals surface area contributed by atoms with Gasteiger partial charge in [-0.05, 0) is 25.5 Å². The lowest BCUT2D eigenvalue weighted by atomic mass is 9.89. The number of hydrogen-bond donors (Lipinski definition) is 1. The van der Waals surface area contributed by atoms with Crippen LogP contribution in [-0.2, 0) is 9.53 Å². The third kappa shape index (κ3) is 4.83. The Balaban J connectivity index is 2.21. The molecule has 3 rings (SSSR count). The van der Waals surface area contributed by atoms with Gasteiger partial charge in [-0.3, -0.25) is 4.79 Å². The fourth-order valence-corrected chi connectivity index (χ4v) is 3.48. The Kier molecular flexibility index (Phi) is 7.14. The zero-order chi connectivity index (χ0) is 21.5. The van der Waals surface area contributed by atoms with E-state index in [4.69, 9.17) is 14.5 Å². The molecule has 0 spiro atoms. The van der Waals surface area contributed by atoms with Gasteiger partial charge in [-0.2, -0.15) is 0 Å². The maximum Gasteiger partial charge on any atom is 0.311 e. The molecule has 3 aromatic rings. The summed E-state index contributed by atoms with van der Waals surface area (Å²) in [6.45, 7) is 3.95. The lowest BCUT2D eigenvalue weighted by molar-refractivity contribution is -0.139. The second kappa shape index (κ2) is 9.98. The monoisotopic (exact) mass is 406 g/mol. The third-order valence-corrected chi connectivity index (χ3v) is 4.84. The summed E-state index contributed by atoms with van der Waals surface area (Å²) in [7, 11) is 1.56. The van der Waals surface area contributed by atoms with Crippen molar-refractivity contribution in [3.63, 3.8) is 0 Å². The van der Waals surface area contributed by atoms with Gasteiger partial charge in [0.15, 0.2) is 12.6 Å². The first kappa shape index (κ1) is 21.5. The molecule has 0 fully saturated rings. The van der Waals surface area contributed by atoms with Gasteiger partial charge in [0, 0.05) is 29.5 Å². The molecular formula is C24H26N2O4. The Morgan fingerprint density at radius 2 is 1.80 bits per heavy atom. The number of benzene rings is 2. The van der Waals surface area contributed by atoms with Gasteiger partial charge in [-0.1, -0.05) is 55.8 Å². The lowest BCUT2D eigenvalue weighted by Crippen LogP contribution is -2.16. The summed E-state index contributed by atoms with van der Waals surface area (Å²) in [6, 6.07) is 17.1. The van der Waals surface area contributed by atoms with Crippen LogP contribution in [-0.4, -0.2) is 34.9 Å². The first-order valence-corrected chi connectivity index (χ1v) is 9.94. The fourth-order valence-electron chi connectivity index (χ4n) is 3.48. The standard InChI is InChI=1S/C24H26N2O4/c1-4-9-20(24(27)28)21-16(2)25-23(17-10-6-5-7-11-17)26-22(21)18-12-8-13-19(14-18)30-15-29-3/h5-8,10-14,20H,4,9,15H2,1-3H3,(H,27,28). The number of aryl methyl sites for hydroxylation is 1. The van der Waals surface area contributed by atoms with E-state index in [-0.39, 0.29) is 6.79 Å². The Morgan fingerprint density at radius 1 is 1.07 bits per heavy atom. The van der Waals surface area contributed by atoms with Crippen molar-refractivity contribution in [3.8, 4) is 28.4 Å². The lowest BCUT2D eigenvalue weighted by Gasteiger charge is -2.19. The predicted molar refractivity (Wildman–Crippen MR) is 115 cm³/mol. The molecule has 2 aromatic carbocycles. The highest BCUT2D eigenvalue weighted by Crippen LogP contribution is 2.35. The molecule has 0 amide bonds. The molecule has 0 aliphatic carbocycles. The summed E-state index contributed by atoms with van der Waals surface area (Å²) in [5.74, 6) is -0.363. The number of ether oxygens (including phenoxy) is 2. The highest BCUT2D eigenvalue weighted by Gasteiger charge is 2.27. The number of hydrogen-bond acceptors (Lipinski definition) is 5. The van der Waals surface area contributed by atoms with Gasteiger partial charge in [0.2, 0.25) is 0 Å². The minimum absolute atomic E-state index is 0.127. The minimum Gasteiger partial charge on any atom is -0.481 e. The smallest absolute Gasteiger partial charge is 0.311 e. The van der Waals surface area contributed by atoms with E-state index in [0.717, 1.165) is 17.5 Å². The Labute approximate surface area is 176 Å². The van der Waals surface area contributed by atoms with E-state index in [9.17, 15) is 9.90 Å². The molecule has 1 aromatic heterocycles. The van der Waals surface area contributed by atoms with E-state index >= 15 is 0 Å². The van der Waals surface area contributed by atoms with Crippen LogP contribution in [0.2, 0.25) is 0 Å². The summed E-state index contributed by atoms with van der Waals surface area (Å²) in [6.07, 6.45) is 1.25. The molecule has 1 unspecified atom stereocenters.